The Balaban J connectivity index is 1.77. The van der Waals surface area contributed by atoms with Crippen LogP contribution in [0.3, 0.4) is 0 Å². The third-order valence-corrected chi connectivity index (χ3v) is 4.28. The van der Waals surface area contributed by atoms with E-state index in [4.69, 9.17) is 0 Å². The molecule has 0 unspecified atom stereocenters. The molecular weight excluding hydrogens is 314 g/mol. The first kappa shape index (κ1) is 17.0. The summed E-state index contributed by atoms with van der Waals surface area (Å²) >= 11 is 0. The molecule has 6 nitrogen and oxygen atoms in total. The molecule has 0 aliphatic carbocycles. The normalized spacial score (nSPS) is 10.9. The number of anilines is 1. The molecule has 25 heavy (non-hydrogen) atoms. The molecule has 0 saturated heterocycles. The van der Waals surface area contributed by atoms with Gasteiger partial charge in [-0.1, -0.05) is 12.1 Å². The number of hydrogen-bond donors (Lipinski definition) is 1. The van der Waals surface area contributed by atoms with E-state index in [1.165, 1.54) is 0 Å². The molecule has 1 aromatic carbocycles. The number of amides is 1. The molecule has 1 amide bonds. The van der Waals surface area contributed by atoms with Crippen molar-refractivity contribution in [2.24, 2.45) is 0 Å². The summed E-state index contributed by atoms with van der Waals surface area (Å²) in [6, 6.07) is 9.68. The van der Waals surface area contributed by atoms with Gasteiger partial charge in [-0.3, -0.25) is 14.2 Å². The van der Waals surface area contributed by atoms with Crippen LogP contribution in [0.2, 0.25) is 0 Å². The number of benzene rings is 1. The molecule has 0 saturated carbocycles. The summed E-state index contributed by atoms with van der Waals surface area (Å²) in [6.45, 7) is 9.41. The SMILES string of the molecule is CCn1ncc(NC(=O)c2cccc(Cn3nc(C)cc3C)c2)c1C. The summed E-state index contributed by atoms with van der Waals surface area (Å²) in [7, 11) is 0. The van der Waals surface area contributed by atoms with Crippen LogP contribution in [-0.4, -0.2) is 25.5 Å². The van der Waals surface area contributed by atoms with Crippen molar-refractivity contribution in [2.45, 2.75) is 40.8 Å². The molecule has 3 aromatic rings. The van der Waals surface area contributed by atoms with Crippen LogP contribution in [-0.2, 0) is 13.1 Å². The third-order valence-electron chi connectivity index (χ3n) is 4.28. The van der Waals surface area contributed by atoms with Crippen LogP contribution in [0.15, 0.2) is 36.5 Å². The molecule has 2 heterocycles. The highest BCUT2D eigenvalue weighted by atomic mass is 16.1. The summed E-state index contributed by atoms with van der Waals surface area (Å²) in [4.78, 5) is 12.6. The minimum absolute atomic E-state index is 0.131. The second kappa shape index (κ2) is 6.93. The van der Waals surface area contributed by atoms with E-state index in [2.05, 4.69) is 15.5 Å². The molecule has 0 aliphatic heterocycles. The zero-order valence-electron chi connectivity index (χ0n) is 15.1. The van der Waals surface area contributed by atoms with Gasteiger partial charge in [0, 0.05) is 17.8 Å². The van der Waals surface area contributed by atoms with Crippen LogP contribution < -0.4 is 5.32 Å². The first-order valence-electron chi connectivity index (χ1n) is 8.41. The van der Waals surface area contributed by atoms with Gasteiger partial charge in [-0.25, -0.2) is 0 Å². The predicted octanol–water partition coefficient (Wildman–Crippen LogP) is 3.33. The maximum atomic E-state index is 12.6. The van der Waals surface area contributed by atoms with Crippen LogP contribution >= 0.6 is 0 Å². The monoisotopic (exact) mass is 337 g/mol. The summed E-state index contributed by atoms with van der Waals surface area (Å²) in [5.74, 6) is -0.131. The number of hydrogen-bond acceptors (Lipinski definition) is 3. The van der Waals surface area contributed by atoms with E-state index in [1.54, 1.807) is 6.20 Å². The maximum Gasteiger partial charge on any atom is 0.255 e. The first-order chi connectivity index (χ1) is 12.0. The Bertz CT molecular complexity index is 906. The fraction of sp³-hybridized carbons (Fsp3) is 0.316. The Morgan fingerprint density at radius 2 is 1.96 bits per heavy atom. The molecular formula is C19H23N5O. The largest absolute Gasteiger partial charge is 0.319 e. The van der Waals surface area contributed by atoms with Gasteiger partial charge in [-0.2, -0.15) is 10.2 Å². The minimum atomic E-state index is -0.131. The molecule has 2 aromatic heterocycles. The zero-order chi connectivity index (χ0) is 18.0. The van der Waals surface area contributed by atoms with Gasteiger partial charge in [0.2, 0.25) is 0 Å². The minimum Gasteiger partial charge on any atom is -0.319 e. The van der Waals surface area contributed by atoms with Crippen molar-refractivity contribution in [3.05, 3.63) is 64.7 Å². The maximum absolute atomic E-state index is 12.6. The average Bonchev–Trinajstić information content (AvgIpc) is 3.09. The molecule has 3 rings (SSSR count). The number of nitrogens with one attached hydrogen (secondary N) is 1. The molecule has 0 aliphatic rings. The standard InChI is InChI=1S/C19H23N5O/c1-5-23-15(4)18(11-20-23)21-19(25)17-8-6-7-16(10-17)12-24-14(3)9-13(2)22-24/h6-11H,5,12H2,1-4H3,(H,21,25). The Morgan fingerprint density at radius 1 is 1.16 bits per heavy atom. The lowest BCUT2D eigenvalue weighted by Crippen LogP contribution is -2.13. The number of aryl methyl sites for hydroxylation is 3. The molecule has 0 bridgehead atoms. The smallest absolute Gasteiger partial charge is 0.255 e. The van der Waals surface area contributed by atoms with E-state index in [1.807, 2.05) is 67.4 Å². The van der Waals surface area contributed by atoms with Gasteiger partial charge in [-0.15, -0.1) is 0 Å². The number of rotatable bonds is 5. The van der Waals surface area contributed by atoms with Crippen LogP contribution in [0.25, 0.3) is 0 Å². The zero-order valence-corrected chi connectivity index (χ0v) is 15.1. The van der Waals surface area contributed by atoms with E-state index in [9.17, 15) is 4.79 Å². The van der Waals surface area contributed by atoms with E-state index < -0.39 is 0 Å². The topological polar surface area (TPSA) is 64.7 Å². The van der Waals surface area contributed by atoms with Gasteiger partial charge in [0.1, 0.15) is 0 Å². The summed E-state index contributed by atoms with van der Waals surface area (Å²) in [5.41, 5.74) is 5.47. The highest BCUT2D eigenvalue weighted by Gasteiger charge is 2.12. The number of carbonyl (C=O) groups excluding carboxylic acids is 1. The molecule has 1 N–H and O–H groups in total. The van der Waals surface area contributed by atoms with Crippen LogP contribution in [0.1, 0.15) is 39.9 Å². The fourth-order valence-electron chi connectivity index (χ4n) is 2.90. The van der Waals surface area contributed by atoms with Gasteiger partial charge in [0.05, 0.1) is 29.8 Å². The van der Waals surface area contributed by atoms with E-state index >= 15 is 0 Å². The lowest BCUT2D eigenvalue weighted by molar-refractivity contribution is 0.102. The van der Waals surface area contributed by atoms with Gasteiger partial charge in [0.25, 0.3) is 5.91 Å². The Hall–Kier alpha value is -2.89. The lowest BCUT2D eigenvalue weighted by atomic mass is 10.1. The number of nitrogens with zero attached hydrogens (tertiary/aromatic N) is 4. The van der Waals surface area contributed by atoms with Crippen molar-refractivity contribution in [2.75, 3.05) is 5.32 Å². The number of aromatic nitrogens is 4. The van der Waals surface area contributed by atoms with Gasteiger partial charge < -0.3 is 5.32 Å². The Morgan fingerprint density at radius 3 is 2.60 bits per heavy atom. The van der Waals surface area contributed by atoms with Crippen molar-refractivity contribution in [3.63, 3.8) is 0 Å². The van der Waals surface area contributed by atoms with E-state index in [0.29, 0.717) is 12.1 Å². The van der Waals surface area contributed by atoms with Gasteiger partial charge in [0.15, 0.2) is 0 Å². The predicted molar refractivity (Wildman–Crippen MR) is 97.8 cm³/mol. The summed E-state index contributed by atoms with van der Waals surface area (Å²) in [5, 5.41) is 11.7. The second-order valence-corrected chi connectivity index (χ2v) is 6.20. The van der Waals surface area contributed by atoms with E-state index in [0.717, 1.165) is 34.9 Å². The van der Waals surface area contributed by atoms with Crippen molar-refractivity contribution in [1.82, 2.24) is 19.6 Å². The molecule has 130 valence electrons. The quantitative estimate of drug-likeness (QED) is 0.777. The van der Waals surface area contributed by atoms with Gasteiger partial charge >= 0.3 is 0 Å². The van der Waals surface area contributed by atoms with Gasteiger partial charge in [-0.05, 0) is 51.5 Å². The van der Waals surface area contributed by atoms with Crippen LogP contribution in [0.5, 0.6) is 0 Å². The Labute approximate surface area is 147 Å². The second-order valence-electron chi connectivity index (χ2n) is 6.20. The highest BCUT2D eigenvalue weighted by Crippen LogP contribution is 2.16. The van der Waals surface area contributed by atoms with Crippen LogP contribution in [0.4, 0.5) is 5.69 Å². The molecule has 6 heteroatoms. The molecule has 0 fully saturated rings. The van der Waals surface area contributed by atoms with Crippen LogP contribution in [0, 0.1) is 20.8 Å². The van der Waals surface area contributed by atoms with E-state index in [-0.39, 0.29) is 5.91 Å². The summed E-state index contributed by atoms with van der Waals surface area (Å²) in [6.07, 6.45) is 1.69. The Kier molecular flexibility index (Phi) is 4.70. The average molecular weight is 337 g/mol. The van der Waals surface area contributed by atoms with Crippen molar-refractivity contribution in [1.29, 1.82) is 0 Å². The molecule has 0 spiro atoms. The van der Waals surface area contributed by atoms with Crippen molar-refractivity contribution >= 4 is 11.6 Å². The third kappa shape index (κ3) is 3.63. The van der Waals surface area contributed by atoms with Crippen molar-refractivity contribution < 1.29 is 4.79 Å². The number of carbonyl (C=O) groups is 1. The lowest BCUT2D eigenvalue weighted by Gasteiger charge is -2.08. The summed E-state index contributed by atoms with van der Waals surface area (Å²) < 4.78 is 3.80. The highest BCUT2D eigenvalue weighted by molar-refractivity contribution is 6.04. The molecule has 0 radical (unpaired) electrons. The first-order valence-corrected chi connectivity index (χ1v) is 8.41. The molecule has 0 atom stereocenters. The fourth-order valence-corrected chi connectivity index (χ4v) is 2.90. The van der Waals surface area contributed by atoms with Crippen molar-refractivity contribution in [3.8, 4) is 0 Å².